The fourth-order valence-electron chi connectivity index (χ4n) is 3.55. The van der Waals surface area contributed by atoms with Crippen LogP contribution in [0.25, 0.3) is 22.4 Å². The van der Waals surface area contributed by atoms with E-state index in [9.17, 15) is 9.90 Å². The number of carbonyl (C=O) groups is 1. The number of imidazole rings is 1. The Morgan fingerprint density at radius 3 is 2.48 bits per heavy atom. The zero-order valence-corrected chi connectivity index (χ0v) is 14.1. The Kier molecular flexibility index (Phi) is 4.24. The third-order valence-electron chi connectivity index (χ3n) is 4.76. The summed E-state index contributed by atoms with van der Waals surface area (Å²) in [4.78, 5) is 18.4. The highest BCUT2D eigenvalue weighted by Crippen LogP contribution is 2.25. The van der Waals surface area contributed by atoms with Crippen LogP contribution in [-0.4, -0.2) is 38.6 Å². The number of hydrogen-bond donors (Lipinski definition) is 1. The lowest BCUT2D eigenvalue weighted by Gasteiger charge is -2.14. The number of rotatable bonds is 5. The van der Waals surface area contributed by atoms with Gasteiger partial charge in [0.1, 0.15) is 12.4 Å². The summed E-state index contributed by atoms with van der Waals surface area (Å²) in [5.74, 6) is -0.161. The summed E-state index contributed by atoms with van der Waals surface area (Å²) in [5.41, 5.74) is 3.90. The first kappa shape index (κ1) is 15.8. The molecule has 1 N–H and O–H groups in total. The number of likely N-dealkylation sites (tertiary alicyclic amines) is 1. The number of aromatic nitrogens is 2. The van der Waals surface area contributed by atoms with Gasteiger partial charge < -0.3 is 9.67 Å². The van der Waals surface area contributed by atoms with E-state index < -0.39 is 5.97 Å². The number of carboxylic acid groups (broad SMARTS) is 1. The topological polar surface area (TPSA) is 58.4 Å². The summed E-state index contributed by atoms with van der Waals surface area (Å²) >= 11 is 0. The second-order valence-electron chi connectivity index (χ2n) is 6.58. The number of benzene rings is 2. The van der Waals surface area contributed by atoms with Gasteiger partial charge in [-0.1, -0.05) is 36.4 Å². The molecule has 0 amide bonds. The summed E-state index contributed by atoms with van der Waals surface area (Å²) in [6.45, 7) is 3.24. The monoisotopic (exact) mass is 335 g/mol. The zero-order chi connectivity index (χ0) is 17.2. The molecule has 0 bridgehead atoms. The van der Waals surface area contributed by atoms with Gasteiger partial charge in [0.25, 0.3) is 0 Å². The smallest absolute Gasteiger partial charge is 0.323 e. The molecule has 0 aliphatic carbocycles. The molecule has 0 spiro atoms. The normalized spacial score (nSPS) is 15.0. The lowest BCUT2D eigenvalue weighted by molar-refractivity contribution is -0.137. The number of aliphatic carboxylic acids is 1. The van der Waals surface area contributed by atoms with Crippen LogP contribution in [0.2, 0.25) is 0 Å². The van der Waals surface area contributed by atoms with Crippen molar-refractivity contribution in [2.45, 2.75) is 25.9 Å². The molecule has 25 heavy (non-hydrogen) atoms. The average Bonchev–Trinajstić information content (AvgIpc) is 3.24. The van der Waals surface area contributed by atoms with Gasteiger partial charge in [-0.15, -0.1) is 0 Å². The van der Waals surface area contributed by atoms with Gasteiger partial charge in [0.2, 0.25) is 0 Å². The molecule has 0 unspecified atom stereocenters. The number of carboxylic acids is 1. The maximum atomic E-state index is 11.3. The van der Waals surface area contributed by atoms with Crippen molar-refractivity contribution >= 4 is 17.0 Å². The molecule has 0 radical (unpaired) electrons. The van der Waals surface area contributed by atoms with Gasteiger partial charge in [0, 0.05) is 12.1 Å². The molecule has 5 nitrogen and oxygen atoms in total. The third-order valence-corrected chi connectivity index (χ3v) is 4.76. The quantitative estimate of drug-likeness (QED) is 0.776. The first-order chi connectivity index (χ1) is 12.2. The first-order valence-electron chi connectivity index (χ1n) is 8.69. The van der Waals surface area contributed by atoms with Crippen LogP contribution >= 0.6 is 0 Å². The fraction of sp³-hybridized carbons (Fsp3) is 0.300. The maximum absolute atomic E-state index is 11.3. The molecule has 1 aliphatic heterocycles. The Balaban J connectivity index is 1.67. The molecule has 128 valence electrons. The number of hydrogen-bond acceptors (Lipinski definition) is 3. The summed E-state index contributed by atoms with van der Waals surface area (Å²) in [5, 5.41) is 9.27. The van der Waals surface area contributed by atoms with E-state index in [0.717, 1.165) is 23.1 Å². The minimum absolute atomic E-state index is 0.0919. The van der Waals surface area contributed by atoms with Gasteiger partial charge in [0.05, 0.1) is 11.0 Å². The lowest BCUT2D eigenvalue weighted by Crippen LogP contribution is -2.18. The van der Waals surface area contributed by atoms with E-state index in [0.29, 0.717) is 5.82 Å². The van der Waals surface area contributed by atoms with Crippen LogP contribution in [0.1, 0.15) is 18.4 Å². The predicted octanol–water partition coefficient (Wildman–Crippen LogP) is 3.38. The van der Waals surface area contributed by atoms with Crippen LogP contribution in [0.3, 0.4) is 0 Å². The highest BCUT2D eigenvalue weighted by molar-refractivity contribution is 5.82. The van der Waals surface area contributed by atoms with Crippen molar-refractivity contribution in [2.75, 3.05) is 13.1 Å². The molecular weight excluding hydrogens is 314 g/mol. The number of fused-ring (bicyclic) bond motifs is 1. The summed E-state index contributed by atoms with van der Waals surface area (Å²) in [6.07, 6.45) is 2.58. The Labute approximate surface area is 146 Å². The van der Waals surface area contributed by atoms with E-state index in [2.05, 4.69) is 22.0 Å². The molecular formula is C20H21N3O2. The summed E-state index contributed by atoms with van der Waals surface area (Å²) in [6, 6.07) is 16.0. The van der Waals surface area contributed by atoms with Crippen molar-refractivity contribution in [1.82, 2.24) is 14.5 Å². The van der Waals surface area contributed by atoms with Crippen molar-refractivity contribution in [3.63, 3.8) is 0 Å². The van der Waals surface area contributed by atoms with E-state index in [1.54, 1.807) is 4.57 Å². The van der Waals surface area contributed by atoms with Crippen molar-refractivity contribution < 1.29 is 9.90 Å². The van der Waals surface area contributed by atoms with Crippen molar-refractivity contribution in [2.24, 2.45) is 0 Å². The highest BCUT2D eigenvalue weighted by Gasteiger charge is 2.15. The van der Waals surface area contributed by atoms with Crippen LogP contribution in [-0.2, 0) is 17.9 Å². The van der Waals surface area contributed by atoms with Crippen molar-refractivity contribution in [3.8, 4) is 11.4 Å². The predicted molar refractivity (Wildman–Crippen MR) is 97.3 cm³/mol. The molecule has 1 aliphatic rings. The van der Waals surface area contributed by atoms with E-state index in [-0.39, 0.29) is 6.54 Å². The first-order valence-corrected chi connectivity index (χ1v) is 8.69. The SMILES string of the molecule is O=C(O)Cn1c(-c2ccc(CN3CCCC3)cc2)nc2ccccc21. The van der Waals surface area contributed by atoms with Crippen molar-refractivity contribution in [3.05, 3.63) is 54.1 Å². The van der Waals surface area contributed by atoms with Crippen LogP contribution in [0.4, 0.5) is 0 Å². The molecule has 5 heteroatoms. The largest absolute Gasteiger partial charge is 0.480 e. The summed E-state index contributed by atoms with van der Waals surface area (Å²) < 4.78 is 1.77. The van der Waals surface area contributed by atoms with Gasteiger partial charge in [0.15, 0.2) is 0 Å². The zero-order valence-electron chi connectivity index (χ0n) is 14.1. The Morgan fingerprint density at radius 2 is 1.76 bits per heavy atom. The lowest BCUT2D eigenvalue weighted by atomic mass is 10.1. The van der Waals surface area contributed by atoms with Crippen LogP contribution in [0.5, 0.6) is 0 Å². The number of para-hydroxylation sites is 2. The molecule has 3 aromatic rings. The standard InChI is InChI=1S/C20H21N3O2/c24-19(25)14-23-18-6-2-1-5-17(18)21-20(23)16-9-7-15(8-10-16)13-22-11-3-4-12-22/h1-2,5-10H,3-4,11-14H2,(H,24,25). The minimum atomic E-state index is -0.866. The Bertz CT molecular complexity index is 893. The van der Waals surface area contributed by atoms with Gasteiger partial charge in [-0.25, -0.2) is 4.98 Å². The average molecular weight is 335 g/mol. The highest BCUT2D eigenvalue weighted by atomic mass is 16.4. The molecule has 1 fully saturated rings. The Hall–Kier alpha value is -2.66. The van der Waals surface area contributed by atoms with E-state index >= 15 is 0 Å². The van der Waals surface area contributed by atoms with Crippen LogP contribution in [0.15, 0.2) is 48.5 Å². The molecule has 0 saturated carbocycles. The molecule has 2 aromatic carbocycles. The van der Waals surface area contributed by atoms with Gasteiger partial charge >= 0.3 is 5.97 Å². The summed E-state index contributed by atoms with van der Waals surface area (Å²) in [7, 11) is 0. The number of nitrogens with zero attached hydrogens (tertiary/aromatic N) is 3. The van der Waals surface area contributed by atoms with Gasteiger partial charge in [-0.2, -0.15) is 0 Å². The van der Waals surface area contributed by atoms with Gasteiger partial charge in [-0.05, 0) is 43.6 Å². The van der Waals surface area contributed by atoms with E-state index in [4.69, 9.17) is 0 Å². The van der Waals surface area contributed by atoms with Crippen LogP contribution in [0, 0.1) is 0 Å². The van der Waals surface area contributed by atoms with E-state index in [1.807, 2.05) is 36.4 Å². The Morgan fingerprint density at radius 1 is 1.04 bits per heavy atom. The fourth-order valence-corrected chi connectivity index (χ4v) is 3.55. The van der Waals surface area contributed by atoms with Crippen molar-refractivity contribution in [1.29, 1.82) is 0 Å². The van der Waals surface area contributed by atoms with Gasteiger partial charge in [-0.3, -0.25) is 9.69 Å². The van der Waals surface area contributed by atoms with E-state index in [1.165, 1.54) is 31.5 Å². The molecule has 1 aromatic heterocycles. The molecule has 2 heterocycles. The second kappa shape index (κ2) is 6.69. The minimum Gasteiger partial charge on any atom is -0.480 e. The molecule has 4 rings (SSSR count). The maximum Gasteiger partial charge on any atom is 0.323 e. The second-order valence-corrected chi connectivity index (χ2v) is 6.58. The third kappa shape index (κ3) is 3.28. The van der Waals surface area contributed by atoms with Crippen LogP contribution < -0.4 is 0 Å². The molecule has 0 atom stereocenters. The molecule has 1 saturated heterocycles.